The third-order valence-electron chi connectivity index (χ3n) is 5.07. The number of halogens is 1. The zero-order chi connectivity index (χ0) is 24.3. The van der Waals surface area contributed by atoms with E-state index >= 15 is 0 Å². The van der Waals surface area contributed by atoms with E-state index in [9.17, 15) is 13.2 Å². The Kier molecular flexibility index (Phi) is 6.53. The molecule has 0 saturated carbocycles. The van der Waals surface area contributed by atoms with Crippen molar-refractivity contribution < 1.29 is 17.9 Å². The number of nitrogens with one attached hydrogen (secondary N) is 1. The van der Waals surface area contributed by atoms with Gasteiger partial charge in [-0.3, -0.25) is 9.10 Å². The fourth-order valence-electron chi connectivity index (χ4n) is 3.25. The number of aromatic nitrogens is 3. The highest BCUT2D eigenvalue weighted by molar-refractivity contribution is 7.92. The predicted octanol–water partition coefficient (Wildman–Crippen LogP) is 4.01. The van der Waals surface area contributed by atoms with Gasteiger partial charge >= 0.3 is 0 Å². The quantitative estimate of drug-likeness (QED) is 0.413. The van der Waals surface area contributed by atoms with Gasteiger partial charge < -0.3 is 10.1 Å². The first-order valence-electron chi connectivity index (χ1n) is 9.99. The highest BCUT2D eigenvalue weighted by Gasteiger charge is 2.23. The monoisotopic (exact) mass is 497 g/mol. The average molecular weight is 498 g/mol. The standard InChI is InChI=1S/C23H20ClN5O4S/c1-28(17-9-11-18(33-2)12-10-17)34(31,32)19-6-3-5-16(13-19)23(30)27-21-8-4-7-20(24)22(21)29-15-25-14-26-29/h3-15H,1-2H3,(H,27,30). The number of ether oxygens (including phenoxy) is 1. The summed E-state index contributed by atoms with van der Waals surface area (Å²) in [6, 6.07) is 17.4. The van der Waals surface area contributed by atoms with Crippen LogP contribution in [-0.2, 0) is 10.0 Å². The second-order valence-corrected chi connectivity index (χ2v) is 9.51. The molecule has 0 unspecified atom stereocenters. The van der Waals surface area contributed by atoms with E-state index in [0.29, 0.717) is 27.8 Å². The summed E-state index contributed by atoms with van der Waals surface area (Å²) in [5.74, 6) is 0.104. The van der Waals surface area contributed by atoms with Crippen LogP contribution in [0.5, 0.6) is 5.75 Å². The maximum Gasteiger partial charge on any atom is 0.264 e. The molecular formula is C23H20ClN5O4S. The summed E-state index contributed by atoms with van der Waals surface area (Å²) in [4.78, 5) is 16.9. The van der Waals surface area contributed by atoms with Gasteiger partial charge in [0.2, 0.25) is 0 Å². The Morgan fingerprint density at radius 1 is 1.09 bits per heavy atom. The van der Waals surface area contributed by atoms with Gasteiger partial charge in [0.05, 0.1) is 28.4 Å². The number of hydrogen-bond acceptors (Lipinski definition) is 6. The van der Waals surface area contributed by atoms with Crippen molar-refractivity contribution in [2.45, 2.75) is 4.90 Å². The first kappa shape index (κ1) is 23.3. The Morgan fingerprint density at radius 3 is 2.50 bits per heavy atom. The van der Waals surface area contributed by atoms with Crippen molar-refractivity contribution in [1.82, 2.24) is 14.8 Å². The number of carbonyl (C=O) groups excluding carboxylic acids is 1. The van der Waals surface area contributed by atoms with Gasteiger partial charge in [-0.25, -0.2) is 18.1 Å². The Balaban J connectivity index is 1.62. The minimum absolute atomic E-state index is 0.0268. The molecule has 0 fully saturated rings. The highest BCUT2D eigenvalue weighted by atomic mass is 35.5. The summed E-state index contributed by atoms with van der Waals surface area (Å²) < 4.78 is 34.1. The summed E-state index contributed by atoms with van der Waals surface area (Å²) in [6.07, 6.45) is 2.81. The third-order valence-corrected chi connectivity index (χ3v) is 7.16. The Morgan fingerprint density at radius 2 is 1.82 bits per heavy atom. The van der Waals surface area contributed by atoms with Crippen molar-refractivity contribution in [3.63, 3.8) is 0 Å². The molecule has 1 N–H and O–H groups in total. The van der Waals surface area contributed by atoms with E-state index in [1.165, 1.54) is 55.8 Å². The fraction of sp³-hybridized carbons (Fsp3) is 0.0870. The van der Waals surface area contributed by atoms with Crippen LogP contribution >= 0.6 is 11.6 Å². The number of carbonyl (C=O) groups is 1. The van der Waals surface area contributed by atoms with Crippen molar-refractivity contribution in [3.05, 3.63) is 90.0 Å². The number of benzene rings is 3. The summed E-state index contributed by atoms with van der Waals surface area (Å²) >= 11 is 6.31. The van der Waals surface area contributed by atoms with Gasteiger partial charge in [-0.1, -0.05) is 23.7 Å². The predicted molar refractivity (Wildman–Crippen MR) is 129 cm³/mol. The summed E-state index contributed by atoms with van der Waals surface area (Å²) in [7, 11) is -0.945. The SMILES string of the molecule is COc1ccc(N(C)S(=O)(=O)c2cccc(C(=O)Nc3cccc(Cl)c3-n3cncn3)c2)cc1. The lowest BCUT2D eigenvalue weighted by Gasteiger charge is -2.20. The van der Waals surface area contributed by atoms with Gasteiger partial charge in [0.15, 0.2) is 0 Å². The molecule has 11 heteroatoms. The molecule has 4 aromatic rings. The molecule has 4 rings (SSSR count). The lowest BCUT2D eigenvalue weighted by atomic mass is 10.2. The van der Waals surface area contributed by atoms with Crippen LogP contribution in [0.2, 0.25) is 5.02 Å². The molecule has 174 valence electrons. The van der Waals surface area contributed by atoms with Crippen LogP contribution in [0.15, 0.2) is 84.3 Å². The van der Waals surface area contributed by atoms with Crippen LogP contribution in [0.4, 0.5) is 11.4 Å². The number of rotatable bonds is 7. The molecule has 0 bridgehead atoms. The van der Waals surface area contributed by atoms with Crippen LogP contribution in [0.1, 0.15) is 10.4 Å². The number of amides is 1. The molecule has 0 aliphatic rings. The second-order valence-electron chi connectivity index (χ2n) is 7.13. The van der Waals surface area contributed by atoms with E-state index < -0.39 is 15.9 Å². The molecule has 9 nitrogen and oxygen atoms in total. The summed E-state index contributed by atoms with van der Waals surface area (Å²) in [6.45, 7) is 0. The third kappa shape index (κ3) is 4.59. The van der Waals surface area contributed by atoms with Crippen LogP contribution < -0.4 is 14.4 Å². The van der Waals surface area contributed by atoms with Gasteiger partial charge in [0, 0.05) is 12.6 Å². The molecule has 0 radical (unpaired) electrons. The van der Waals surface area contributed by atoms with E-state index in [1.54, 1.807) is 42.5 Å². The van der Waals surface area contributed by atoms with Crippen molar-refractivity contribution in [1.29, 1.82) is 0 Å². The minimum Gasteiger partial charge on any atom is -0.497 e. The molecule has 1 heterocycles. The van der Waals surface area contributed by atoms with Crippen molar-refractivity contribution >= 4 is 38.9 Å². The number of anilines is 2. The molecule has 1 amide bonds. The Bertz CT molecular complexity index is 1420. The average Bonchev–Trinajstić information content (AvgIpc) is 3.38. The largest absolute Gasteiger partial charge is 0.497 e. The zero-order valence-electron chi connectivity index (χ0n) is 18.2. The van der Waals surface area contributed by atoms with E-state index in [0.717, 1.165) is 4.31 Å². The summed E-state index contributed by atoms with van der Waals surface area (Å²) in [5.41, 5.74) is 1.45. The van der Waals surface area contributed by atoms with Crippen LogP contribution in [0.3, 0.4) is 0 Å². The molecule has 0 atom stereocenters. The first-order valence-corrected chi connectivity index (χ1v) is 11.8. The maximum absolute atomic E-state index is 13.2. The summed E-state index contributed by atoms with van der Waals surface area (Å²) in [5, 5.41) is 7.21. The Labute approximate surface area is 201 Å². The Hall–Kier alpha value is -3.89. The van der Waals surface area contributed by atoms with Gasteiger partial charge in [-0.2, -0.15) is 5.10 Å². The maximum atomic E-state index is 13.2. The number of nitrogens with zero attached hydrogens (tertiary/aromatic N) is 4. The van der Waals surface area contributed by atoms with E-state index in [1.807, 2.05) is 0 Å². The number of sulfonamides is 1. The van der Waals surface area contributed by atoms with Crippen molar-refractivity contribution in [2.24, 2.45) is 0 Å². The smallest absolute Gasteiger partial charge is 0.264 e. The lowest BCUT2D eigenvalue weighted by molar-refractivity contribution is 0.102. The molecular weight excluding hydrogens is 478 g/mol. The van der Waals surface area contributed by atoms with Crippen LogP contribution in [0.25, 0.3) is 5.69 Å². The van der Waals surface area contributed by atoms with Crippen molar-refractivity contribution in [2.75, 3.05) is 23.8 Å². The molecule has 0 saturated heterocycles. The van der Waals surface area contributed by atoms with Crippen LogP contribution in [-0.4, -0.2) is 43.2 Å². The molecule has 0 aliphatic heterocycles. The number of hydrogen-bond donors (Lipinski definition) is 1. The highest BCUT2D eigenvalue weighted by Crippen LogP contribution is 2.29. The van der Waals surface area contributed by atoms with Gasteiger partial charge in [-0.15, -0.1) is 0 Å². The van der Waals surface area contributed by atoms with Gasteiger partial charge in [0.25, 0.3) is 15.9 Å². The van der Waals surface area contributed by atoms with Crippen molar-refractivity contribution in [3.8, 4) is 11.4 Å². The van der Waals surface area contributed by atoms with E-state index in [2.05, 4.69) is 15.4 Å². The molecule has 3 aromatic carbocycles. The molecule has 0 spiro atoms. The van der Waals surface area contributed by atoms with Gasteiger partial charge in [0.1, 0.15) is 24.1 Å². The van der Waals surface area contributed by atoms with E-state index in [-0.39, 0.29) is 10.5 Å². The molecule has 0 aliphatic carbocycles. The normalized spacial score (nSPS) is 11.1. The van der Waals surface area contributed by atoms with Gasteiger partial charge in [-0.05, 0) is 54.6 Å². The number of para-hydroxylation sites is 1. The molecule has 34 heavy (non-hydrogen) atoms. The first-order chi connectivity index (χ1) is 16.3. The number of methoxy groups -OCH3 is 1. The van der Waals surface area contributed by atoms with Crippen LogP contribution in [0, 0.1) is 0 Å². The van der Waals surface area contributed by atoms with E-state index in [4.69, 9.17) is 16.3 Å². The molecule has 1 aromatic heterocycles. The second kappa shape index (κ2) is 9.54. The topological polar surface area (TPSA) is 106 Å². The fourth-order valence-corrected chi connectivity index (χ4v) is 4.76. The lowest BCUT2D eigenvalue weighted by Crippen LogP contribution is -2.26. The minimum atomic E-state index is -3.92. The zero-order valence-corrected chi connectivity index (χ0v) is 19.8.